The predicted octanol–water partition coefficient (Wildman–Crippen LogP) is -0.342. The molecule has 3 aromatic heterocycles. The zero-order chi connectivity index (χ0) is 19.3. The van der Waals surface area contributed by atoms with Crippen LogP contribution in [0.15, 0.2) is 45.2 Å². The molecule has 0 aliphatic carbocycles. The molecule has 0 radical (unpaired) electrons. The third kappa shape index (κ3) is 2.45. The molecule has 0 amide bonds. The van der Waals surface area contributed by atoms with Gasteiger partial charge < -0.3 is 4.74 Å². The summed E-state index contributed by atoms with van der Waals surface area (Å²) in [6.07, 6.45) is 2.84. The van der Waals surface area contributed by atoms with Crippen LogP contribution in [-0.2, 0) is 20.8 Å². The Hall–Kier alpha value is -3.69. The number of methoxy groups -OCH3 is 1. The van der Waals surface area contributed by atoms with Gasteiger partial charge in [-0.2, -0.15) is 0 Å². The molecule has 4 rings (SSSR count). The summed E-state index contributed by atoms with van der Waals surface area (Å²) in [5.74, 6) is 0.610. The van der Waals surface area contributed by atoms with Gasteiger partial charge in [0, 0.05) is 20.2 Å². The van der Waals surface area contributed by atoms with Gasteiger partial charge in [-0.25, -0.2) is 14.8 Å². The van der Waals surface area contributed by atoms with Gasteiger partial charge in [0.05, 0.1) is 30.7 Å². The molecule has 10 heteroatoms. The molecule has 0 saturated carbocycles. The summed E-state index contributed by atoms with van der Waals surface area (Å²) in [6.45, 7) is 0.0603. The fourth-order valence-corrected chi connectivity index (χ4v) is 3.07. The highest BCUT2D eigenvalue weighted by atomic mass is 16.5. The van der Waals surface area contributed by atoms with Gasteiger partial charge >= 0.3 is 5.69 Å². The second-order valence-corrected chi connectivity index (χ2v) is 6.14. The van der Waals surface area contributed by atoms with Gasteiger partial charge in [0.2, 0.25) is 0 Å². The van der Waals surface area contributed by atoms with E-state index in [9.17, 15) is 14.4 Å². The van der Waals surface area contributed by atoms with Gasteiger partial charge in [0.15, 0.2) is 11.2 Å². The molecule has 10 nitrogen and oxygen atoms in total. The fraction of sp³-hybridized carbons (Fsp3) is 0.235. The summed E-state index contributed by atoms with van der Waals surface area (Å²) in [7, 11) is 4.49. The molecule has 0 spiro atoms. The van der Waals surface area contributed by atoms with E-state index < -0.39 is 11.2 Å². The van der Waals surface area contributed by atoms with Gasteiger partial charge in [-0.05, 0) is 12.1 Å². The average molecular weight is 368 g/mol. The highest BCUT2D eigenvalue weighted by Gasteiger charge is 2.15. The Morgan fingerprint density at radius 1 is 0.963 bits per heavy atom. The third-order valence-electron chi connectivity index (χ3n) is 4.55. The Morgan fingerprint density at radius 3 is 2.44 bits per heavy atom. The van der Waals surface area contributed by atoms with E-state index in [2.05, 4.69) is 9.97 Å². The number of aryl methyl sites for hydroxylation is 1. The number of nitrogens with zero attached hydrogens (tertiary/aromatic N) is 6. The number of hydrogen-bond donors (Lipinski definition) is 0. The Morgan fingerprint density at radius 2 is 1.70 bits per heavy atom. The normalized spacial score (nSPS) is 11.4. The molecule has 0 atom stereocenters. The number of hydrogen-bond acceptors (Lipinski definition) is 6. The van der Waals surface area contributed by atoms with E-state index in [1.54, 1.807) is 36.9 Å². The molecule has 138 valence electrons. The summed E-state index contributed by atoms with van der Waals surface area (Å²) in [5.41, 5.74) is -0.185. The average Bonchev–Trinajstić information content (AvgIpc) is 3.10. The first-order valence-electron chi connectivity index (χ1n) is 8.06. The van der Waals surface area contributed by atoms with Crippen LogP contribution in [0.1, 0.15) is 0 Å². The van der Waals surface area contributed by atoms with E-state index in [4.69, 9.17) is 4.74 Å². The minimum Gasteiger partial charge on any atom is -0.497 e. The monoisotopic (exact) mass is 368 g/mol. The molecule has 27 heavy (non-hydrogen) atoms. The summed E-state index contributed by atoms with van der Waals surface area (Å²) < 4.78 is 10.4. The number of imidazole rings is 1. The second kappa shape index (κ2) is 5.94. The van der Waals surface area contributed by atoms with Crippen molar-refractivity contribution in [2.24, 2.45) is 14.1 Å². The molecule has 3 heterocycles. The lowest BCUT2D eigenvalue weighted by molar-refractivity contribution is 0.415. The van der Waals surface area contributed by atoms with Crippen molar-refractivity contribution in [1.82, 2.24) is 28.2 Å². The predicted molar refractivity (Wildman–Crippen MR) is 98.2 cm³/mol. The first kappa shape index (κ1) is 16.8. The van der Waals surface area contributed by atoms with E-state index in [-0.39, 0.29) is 17.7 Å². The van der Waals surface area contributed by atoms with Gasteiger partial charge in [-0.1, -0.05) is 0 Å². The maximum Gasteiger partial charge on any atom is 0.332 e. The Labute approximate surface area is 151 Å². The zero-order valence-electron chi connectivity index (χ0n) is 14.9. The molecule has 0 aliphatic heterocycles. The van der Waals surface area contributed by atoms with Gasteiger partial charge in [0.1, 0.15) is 12.4 Å². The lowest BCUT2D eigenvalue weighted by Crippen LogP contribution is -2.37. The quantitative estimate of drug-likeness (QED) is 0.490. The molecule has 0 aliphatic rings. The lowest BCUT2D eigenvalue weighted by atomic mass is 10.2. The largest absolute Gasteiger partial charge is 0.497 e. The van der Waals surface area contributed by atoms with Crippen LogP contribution < -0.4 is 21.5 Å². The molecule has 0 saturated heterocycles. The molecular formula is C17H16N6O4. The maximum absolute atomic E-state index is 12.8. The highest BCUT2D eigenvalue weighted by Crippen LogP contribution is 2.16. The van der Waals surface area contributed by atoms with Crippen LogP contribution in [0.25, 0.3) is 22.1 Å². The lowest BCUT2D eigenvalue weighted by Gasteiger charge is -2.11. The Kier molecular flexibility index (Phi) is 3.69. The molecule has 0 unspecified atom stereocenters. The van der Waals surface area contributed by atoms with Crippen molar-refractivity contribution in [3.8, 4) is 5.75 Å². The molecular weight excluding hydrogens is 352 g/mol. The summed E-state index contributed by atoms with van der Waals surface area (Å²) in [6, 6.07) is 5.02. The number of aromatic nitrogens is 6. The fourth-order valence-electron chi connectivity index (χ4n) is 3.07. The number of rotatable bonds is 3. The van der Waals surface area contributed by atoms with Crippen LogP contribution >= 0.6 is 0 Å². The first-order chi connectivity index (χ1) is 12.9. The minimum atomic E-state index is -0.483. The van der Waals surface area contributed by atoms with Crippen molar-refractivity contribution in [2.45, 2.75) is 6.67 Å². The van der Waals surface area contributed by atoms with E-state index in [1.165, 1.54) is 28.8 Å². The summed E-state index contributed by atoms with van der Waals surface area (Å²) in [4.78, 5) is 45.6. The summed E-state index contributed by atoms with van der Waals surface area (Å²) in [5, 5.41) is 0.438. The van der Waals surface area contributed by atoms with E-state index in [0.29, 0.717) is 22.3 Å². The van der Waals surface area contributed by atoms with E-state index in [0.717, 1.165) is 4.57 Å². The van der Waals surface area contributed by atoms with Crippen LogP contribution in [0, 0.1) is 0 Å². The SMILES string of the molecule is COc1ccc2c(=O)n(Cn3cnc4c(=O)n(C)c(=O)n(C)c43)cnc2c1. The van der Waals surface area contributed by atoms with Crippen LogP contribution in [-0.4, -0.2) is 35.3 Å². The number of ether oxygens (including phenoxy) is 1. The molecule has 1 aromatic carbocycles. The van der Waals surface area contributed by atoms with Crippen molar-refractivity contribution >= 4 is 22.1 Å². The Bertz CT molecular complexity index is 1370. The highest BCUT2D eigenvalue weighted by molar-refractivity contribution is 5.78. The molecule has 0 fully saturated rings. The molecule has 0 bridgehead atoms. The molecule has 0 N–H and O–H groups in total. The van der Waals surface area contributed by atoms with Crippen LogP contribution in [0.2, 0.25) is 0 Å². The minimum absolute atomic E-state index is 0.0603. The van der Waals surface area contributed by atoms with Crippen molar-refractivity contribution in [1.29, 1.82) is 0 Å². The van der Waals surface area contributed by atoms with Gasteiger partial charge in [-0.15, -0.1) is 0 Å². The Balaban J connectivity index is 1.88. The topological polar surface area (TPSA) is 106 Å². The van der Waals surface area contributed by atoms with Crippen molar-refractivity contribution in [2.75, 3.05) is 7.11 Å². The smallest absolute Gasteiger partial charge is 0.332 e. The van der Waals surface area contributed by atoms with Gasteiger partial charge in [-0.3, -0.25) is 27.9 Å². The van der Waals surface area contributed by atoms with Gasteiger partial charge in [0.25, 0.3) is 11.1 Å². The van der Waals surface area contributed by atoms with Crippen LogP contribution in [0.5, 0.6) is 5.75 Å². The van der Waals surface area contributed by atoms with Crippen LogP contribution in [0.4, 0.5) is 0 Å². The third-order valence-corrected chi connectivity index (χ3v) is 4.55. The van der Waals surface area contributed by atoms with Crippen molar-refractivity contribution in [3.05, 3.63) is 62.0 Å². The standard InChI is InChI=1S/C17H16N6O4/c1-20-14-13(16(25)21(2)17(20)26)19-8-22(14)9-23-7-18-12-6-10(27-3)4-5-11(12)15(23)24/h4-8H,9H2,1-3H3. The number of benzene rings is 1. The van der Waals surface area contributed by atoms with Crippen LogP contribution in [0.3, 0.4) is 0 Å². The number of fused-ring (bicyclic) bond motifs is 2. The zero-order valence-corrected chi connectivity index (χ0v) is 14.9. The first-order valence-corrected chi connectivity index (χ1v) is 8.06. The molecule has 4 aromatic rings. The summed E-state index contributed by atoms with van der Waals surface area (Å²) >= 11 is 0. The maximum atomic E-state index is 12.8. The van der Waals surface area contributed by atoms with E-state index >= 15 is 0 Å². The van der Waals surface area contributed by atoms with E-state index in [1.807, 2.05) is 0 Å². The van der Waals surface area contributed by atoms with Crippen molar-refractivity contribution in [3.63, 3.8) is 0 Å². The van der Waals surface area contributed by atoms with Crippen molar-refractivity contribution < 1.29 is 4.74 Å². The second-order valence-electron chi connectivity index (χ2n) is 6.14.